The minimum atomic E-state index is -0.145. The summed E-state index contributed by atoms with van der Waals surface area (Å²) in [5, 5.41) is 5.99. The molecule has 0 aromatic heterocycles. The Hall–Kier alpha value is -1.75. The first kappa shape index (κ1) is 14.2. The second-order valence-electron chi connectivity index (χ2n) is 6.02. The molecule has 2 bridgehead atoms. The van der Waals surface area contributed by atoms with Gasteiger partial charge < -0.3 is 20.3 Å². The van der Waals surface area contributed by atoms with Crippen LogP contribution in [0.15, 0.2) is 24.3 Å². The van der Waals surface area contributed by atoms with Crippen LogP contribution in [0.3, 0.4) is 0 Å². The normalized spacial score (nSPS) is 28.2. The lowest BCUT2D eigenvalue weighted by Crippen LogP contribution is -2.49. The number of methoxy groups -OCH3 is 1. The number of ether oxygens (including phenoxy) is 1. The Labute approximate surface area is 125 Å². The zero-order valence-electron chi connectivity index (χ0n) is 12.6. The van der Waals surface area contributed by atoms with Gasteiger partial charge in [-0.05, 0) is 44.9 Å². The van der Waals surface area contributed by atoms with Crippen LogP contribution in [0.25, 0.3) is 0 Å². The standard InChI is InChI=1S/C16H23N3O2/c1-19-12-7-8-13(19)10-11(9-12)17-16(20)18-14-5-3-4-6-15(14)21-2/h3-6,11-13H,7-10H2,1-2H3,(H2,17,18,20). The molecule has 2 heterocycles. The molecule has 3 rings (SSSR count). The van der Waals surface area contributed by atoms with Crippen LogP contribution in [0, 0.1) is 0 Å². The quantitative estimate of drug-likeness (QED) is 0.898. The summed E-state index contributed by atoms with van der Waals surface area (Å²) >= 11 is 0. The second kappa shape index (κ2) is 5.93. The van der Waals surface area contributed by atoms with Crippen molar-refractivity contribution in [1.82, 2.24) is 10.2 Å². The lowest BCUT2D eigenvalue weighted by atomic mass is 9.98. The van der Waals surface area contributed by atoms with Gasteiger partial charge in [0, 0.05) is 18.1 Å². The number of hydrogen-bond acceptors (Lipinski definition) is 3. The van der Waals surface area contributed by atoms with Crippen molar-refractivity contribution in [3.8, 4) is 5.75 Å². The maximum atomic E-state index is 12.2. The summed E-state index contributed by atoms with van der Waals surface area (Å²) in [6, 6.07) is 8.83. The molecular weight excluding hydrogens is 266 g/mol. The molecule has 5 nitrogen and oxygen atoms in total. The van der Waals surface area contributed by atoms with E-state index >= 15 is 0 Å². The van der Waals surface area contributed by atoms with E-state index in [-0.39, 0.29) is 12.1 Å². The predicted molar refractivity (Wildman–Crippen MR) is 82.7 cm³/mol. The number of benzene rings is 1. The van der Waals surface area contributed by atoms with Gasteiger partial charge in [0.05, 0.1) is 12.8 Å². The Morgan fingerprint density at radius 1 is 1.24 bits per heavy atom. The number of nitrogens with one attached hydrogen (secondary N) is 2. The van der Waals surface area contributed by atoms with Crippen molar-refractivity contribution in [1.29, 1.82) is 0 Å². The molecule has 0 spiro atoms. The van der Waals surface area contributed by atoms with Gasteiger partial charge in [-0.15, -0.1) is 0 Å². The minimum absolute atomic E-state index is 0.145. The number of urea groups is 1. The molecular formula is C16H23N3O2. The van der Waals surface area contributed by atoms with Crippen LogP contribution in [0.4, 0.5) is 10.5 Å². The number of rotatable bonds is 3. The molecule has 2 saturated heterocycles. The Bertz CT molecular complexity index is 506. The van der Waals surface area contributed by atoms with Crippen LogP contribution in [-0.2, 0) is 0 Å². The molecule has 2 N–H and O–H groups in total. The first-order valence-corrected chi connectivity index (χ1v) is 7.60. The van der Waals surface area contributed by atoms with E-state index in [1.165, 1.54) is 12.8 Å². The van der Waals surface area contributed by atoms with Crippen molar-refractivity contribution < 1.29 is 9.53 Å². The Balaban J connectivity index is 1.57. The maximum Gasteiger partial charge on any atom is 0.319 e. The van der Waals surface area contributed by atoms with Gasteiger partial charge in [-0.3, -0.25) is 0 Å². The van der Waals surface area contributed by atoms with Gasteiger partial charge in [0.25, 0.3) is 0 Å². The fraction of sp³-hybridized carbons (Fsp3) is 0.562. The Kier molecular flexibility index (Phi) is 4.01. The van der Waals surface area contributed by atoms with Crippen LogP contribution in [-0.4, -0.2) is 43.2 Å². The van der Waals surface area contributed by atoms with Crippen molar-refractivity contribution in [3.05, 3.63) is 24.3 Å². The smallest absolute Gasteiger partial charge is 0.319 e. The molecule has 2 amide bonds. The van der Waals surface area contributed by atoms with E-state index in [9.17, 15) is 4.79 Å². The molecule has 1 aromatic carbocycles. The molecule has 2 aliphatic heterocycles. The highest BCUT2D eigenvalue weighted by molar-refractivity contribution is 5.91. The lowest BCUT2D eigenvalue weighted by molar-refractivity contribution is 0.151. The van der Waals surface area contributed by atoms with Gasteiger partial charge in [-0.2, -0.15) is 0 Å². The van der Waals surface area contributed by atoms with Crippen LogP contribution < -0.4 is 15.4 Å². The SMILES string of the molecule is COc1ccccc1NC(=O)NC1CC2CCC(C1)N2C. The van der Waals surface area contributed by atoms with E-state index in [2.05, 4.69) is 22.6 Å². The number of para-hydroxylation sites is 2. The number of fused-ring (bicyclic) bond motifs is 2. The molecule has 2 unspecified atom stereocenters. The molecule has 2 aliphatic rings. The highest BCUT2D eigenvalue weighted by Gasteiger charge is 2.38. The number of amides is 2. The van der Waals surface area contributed by atoms with Crippen LogP contribution in [0.2, 0.25) is 0 Å². The van der Waals surface area contributed by atoms with Crippen molar-refractivity contribution in [2.24, 2.45) is 0 Å². The van der Waals surface area contributed by atoms with Crippen LogP contribution in [0.5, 0.6) is 5.75 Å². The molecule has 0 radical (unpaired) electrons. The lowest BCUT2D eigenvalue weighted by Gasteiger charge is -2.36. The Morgan fingerprint density at radius 2 is 1.90 bits per heavy atom. The zero-order chi connectivity index (χ0) is 14.8. The number of hydrogen-bond donors (Lipinski definition) is 2. The van der Waals surface area contributed by atoms with E-state index in [4.69, 9.17) is 4.74 Å². The summed E-state index contributed by atoms with van der Waals surface area (Å²) < 4.78 is 5.25. The summed E-state index contributed by atoms with van der Waals surface area (Å²) in [4.78, 5) is 14.6. The third-order valence-electron chi connectivity index (χ3n) is 4.79. The first-order chi connectivity index (χ1) is 10.2. The summed E-state index contributed by atoms with van der Waals surface area (Å²) in [7, 11) is 3.81. The molecule has 2 atom stereocenters. The average Bonchev–Trinajstić information content (AvgIpc) is 2.70. The molecule has 1 aromatic rings. The van der Waals surface area contributed by atoms with Crippen molar-refractivity contribution in [3.63, 3.8) is 0 Å². The van der Waals surface area contributed by atoms with Crippen molar-refractivity contribution in [2.75, 3.05) is 19.5 Å². The highest BCUT2D eigenvalue weighted by Crippen LogP contribution is 2.34. The number of anilines is 1. The summed E-state index contributed by atoms with van der Waals surface area (Å²) in [5.41, 5.74) is 0.702. The van der Waals surface area contributed by atoms with Crippen LogP contribution >= 0.6 is 0 Å². The van der Waals surface area contributed by atoms with E-state index in [1.54, 1.807) is 7.11 Å². The molecule has 2 fully saturated rings. The highest BCUT2D eigenvalue weighted by atomic mass is 16.5. The summed E-state index contributed by atoms with van der Waals surface area (Å²) in [5.74, 6) is 0.677. The molecule has 21 heavy (non-hydrogen) atoms. The zero-order valence-corrected chi connectivity index (χ0v) is 12.6. The molecule has 0 aliphatic carbocycles. The van der Waals surface area contributed by atoms with Gasteiger partial charge in [0.2, 0.25) is 0 Å². The topological polar surface area (TPSA) is 53.6 Å². The van der Waals surface area contributed by atoms with Gasteiger partial charge in [-0.1, -0.05) is 12.1 Å². The third kappa shape index (κ3) is 2.97. The Morgan fingerprint density at radius 3 is 2.57 bits per heavy atom. The van der Waals surface area contributed by atoms with Gasteiger partial charge >= 0.3 is 6.03 Å². The second-order valence-corrected chi connectivity index (χ2v) is 6.02. The van der Waals surface area contributed by atoms with Gasteiger partial charge in [0.1, 0.15) is 5.75 Å². The summed E-state index contributed by atoms with van der Waals surface area (Å²) in [6.45, 7) is 0. The van der Waals surface area contributed by atoms with Crippen molar-refractivity contribution in [2.45, 2.75) is 43.8 Å². The first-order valence-electron chi connectivity index (χ1n) is 7.60. The van der Waals surface area contributed by atoms with E-state index in [0.717, 1.165) is 12.8 Å². The maximum absolute atomic E-state index is 12.2. The van der Waals surface area contributed by atoms with Crippen LogP contribution in [0.1, 0.15) is 25.7 Å². The number of carbonyl (C=O) groups is 1. The number of carbonyl (C=O) groups excluding carboxylic acids is 1. The third-order valence-corrected chi connectivity index (χ3v) is 4.79. The van der Waals surface area contributed by atoms with Gasteiger partial charge in [0.15, 0.2) is 0 Å². The fourth-order valence-electron chi connectivity index (χ4n) is 3.62. The minimum Gasteiger partial charge on any atom is -0.495 e. The fourth-order valence-corrected chi connectivity index (χ4v) is 3.62. The number of nitrogens with zero attached hydrogens (tertiary/aromatic N) is 1. The van der Waals surface area contributed by atoms with E-state index < -0.39 is 0 Å². The molecule has 114 valence electrons. The monoisotopic (exact) mass is 289 g/mol. The molecule has 0 saturated carbocycles. The largest absolute Gasteiger partial charge is 0.495 e. The van der Waals surface area contributed by atoms with Gasteiger partial charge in [-0.25, -0.2) is 4.79 Å². The number of piperidine rings is 1. The van der Waals surface area contributed by atoms with Crippen molar-refractivity contribution >= 4 is 11.7 Å². The van der Waals surface area contributed by atoms with E-state index in [0.29, 0.717) is 23.5 Å². The molecule has 5 heteroatoms. The average molecular weight is 289 g/mol. The summed E-state index contributed by atoms with van der Waals surface area (Å²) in [6.07, 6.45) is 4.61. The van der Waals surface area contributed by atoms with E-state index in [1.807, 2.05) is 24.3 Å². The predicted octanol–water partition coefficient (Wildman–Crippen LogP) is 2.44.